The highest BCUT2D eigenvalue weighted by Crippen LogP contribution is 2.20. The second-order valence-electron chi connectivity index (χ2n) is 5.37. The van der Waals surface area contributed by atoms with Gasteiger partial charge in [0.05, 0.1) is 23.2 Å². The zero-order valence-corrected chi connectivity index (χ0v) is 14.1. The van der Waals surface area contributed by atoms with E-state index < -0.39 is 9.84 Å². The van der Waals surface area contributed by atoms with Crippen LogP contribution in [0.4, 0.5) is 4.79 Å². The SMILES string of the molecule is C[C@@H](c1ccc(S(C)(=O)=O)cc1)N(C)C(=O)NCc1ccn[nH]1. The van der Waals surface area contributed by atoms with Gasteiger partial charge in [0.15, 0.2) is 9.84 Å². The van der Waals surface area contributed by atoms with Crippen LogP contribution in [-0.2, 0) is 16.4 Å². The van der Waals surface area contributed by atoms with E-state index in [1.54, 1.807) is 48.5 Å². The normalized spacial score (nSPS) is 12.7. The molecule has 124 valence electrons. The molecule has 0 fully saturated rings. The van der Waals surface area contributed by atoms with Crippen LogP contribution in [0.15, 0.2) is 41.4 Å². The first-order chi connectivity index (χ1) is 10.8. The Morgan fingerprint density at radius 2 is 1.96 bits per heavy atom. The Hall–Kier alpha value is -2.35. The van der Waals surface area contributed by atoms with Gasteiger partial charge in [0.1, 0.15) is 0 Å². The number of benzene rings is 1. The van der Waals surface area contributed by atoms with E-state index in [0.29, 0.717) is 6.54 Å². The van der Waals surface area contributed by atoms with E-state index in [-0.39, 0.29) is 17.0 Å². The molecule has 7 nitrogen and oxygen atoms in total. The van der Waals surface area contributed by atoms with Crippen molar-refractivity contribution in [2.24, 2.45) is 0 Å². The summed E-state index contributed by atoms with van der Waals surface area (Å²) in [6, 6.07) is 7.92. The van der Waals surface area contributed by atoms with Gasteiger partial charge in [0, 0.05) is 19.5 Å². The Morgan fingerprint density at radius 1 is 1.30 bits per heavy atom. The summed E-state index contributed by atoms with van der Waals surface area (Å²) in [5, 5.41) is 9.38. The lowest BCUT2D eigenvalue weighted by molar-refractivity contribution is 0.194. The summed E-state index contributed by atoms with van der Waals surface area (Å²) in [5.41, 5.74) is 1.67. The molecular formula is C15H20N4O3S. The van der Waals surface area contributed by atoms with Crippen molar-refractivity contribution in [3.63, 3.8) is 0 Å². The fourth-order valence-electron chi connectivity index (χ4n) is 2.07. The van der Waals surface area contributed by atoms with Crippen LogP contribution in [0.1, 0.15) is 24.2 Å². The van der Waals surface area contributed by atoms with Crippen molar-refractivity contribution in [2.45, 2.75) is 24.4 Å². The summed E-state index contributed by atoms with van der Waals surface area (Å²) in [4.78, 5) is 14.0. The zero-order valence-electron chi connectivity index (χ0n) is 13.3. The predicted molar refractivity (Wildman–Crippen MR) is 86.6 cm³/mol. The van der Waals surface area contributed by atoms with E-state index in [1.807, 2.05) is 6.92 Å². The first kappa shape index (κ1) is 17.0. The minimum absolute atomic E-state index is 0.189. The highest BCUT2D eigenvalue weighted by Gasteiger charge is 2.18. The number of sulfone groups is 1. The smallest absolute Gasteiger partial charge is 0.317 e. The van der Waals surface area contributed by atoms with E-state index in [2.05, 4.69) is 15.5 Å². The average molecular weight is 336 g/mol. The summed E-state index contributed by atoms with van der Waals surface area (Å²) in [5.74, 6) is 0. The highest BCUT2D eigenvalue weighted by molar-refractivity contribution is 7.90. The second kappa shape index (κ2) is 6.82. The molecule has 0 aliphatic heterocycles. The van der Waals surface area contributed by atoms with Crippen LogP contribution >= 0.6 is 0 Å². The zero-order chi connectivity index (χ0) is 17.0. The number of aromatic amines is 1. The Morgan fingerprint density at radius 3 is 2.48 bits per heavy atom. The third-order valence-electron chi connectivity index (χ3n) is 3.68. The van der Waals surface area contributed by atoms with Gasteiger partial charge in [0.2, 0.25) is 0 Å². The fourth-order valence-corrected chi connectivity index (χ4v) is 2.70. The van der Waals surface area contributed by atoms with Crippen molar-refractivity contribution in [3.8, 4) is 0 Å². The van der Waals surface area contributed by atoms with Gasteiger partial charge in [-0.2, -0.15) is 5.10 Å². The van der Waals surface area contributed by atoms with Gasteiger partial charge in [0.25, 0.3) is 0 Å². The van der Waals surface area contributed by atoms with E-state index >= 15 is 0 Å². The van der Waals surface area contributed by atoms with Crippen LogP contribution in [0.3, 0.4) is 0 Å². The number of carbonyl (C=O) groups excluding carboxylic acids is 1. The lowest BCUT2D eigenvalue weighted by Crippen LogP contribution is -2.38. The molecule has 1 heterocycles. The van der Waals surface area contributed by atoms with Gasteiger partial charge in [-0.15, -0.1) is 0 Å². The molecule has 8 heteroatoms. The summed E-state index contributed by atoms with van der Waals surface area (Å²) >= 11 is 0. The number of carbonyl (C=O) groups is 1. The molecule has 0 saturated heterocycles. The Bertz CT molecular complexity index is 755. The number of hydrogen-bond donors (Lipinski definition) is 2. The summed E-state index contributed by atoms with van der Waals surface area (Å²) in [6.07, 6.45) is 2.79. The first-order valence-corrected chi connectivity index (χ1v) is 8.97. The minimum atomic E-state index is -3.22. The quantitative estimate of drug-likeness (QED) is 0.869. The van der Waals surface area contributed by atoms with Crippen LogP contribution < -0.4 is 5.32 Å². The van der Waals surface area contributed by atoms with Crippen LogP contribution in [0.5, 0.6) is 0 Å². The molecule has 0 aliphatic rings. The number of H-pyrrole nitrogens is 1. The first-order valence-electron chi connectivity index (χ1n) is 7.08. The Kier molecular flexibility index (Phi) is 5.05. The number of urea groups is 1. The third-order valence-corrected chi connectivity index (χ3v) is 4.81. The molecule has 2 amide bonds. The Balaban J connectivity index is 2.00. The number of hydrogen-bond acceptors (Lipinski definition) is 4. The number of amides is 2. The average Bonchev–Trinajstić information content (AvgIpc) is 3.04. The predicted octanol–water partition coefficient (Wildman–Crippen LogP) is 1.72. The molecule has 0 spiro atoms. The molecule has 23 heavy (non-hydrogen) atoms. The molecule has 0 unspecified atom stereocenters. The minimum Gasteiger partial charge on any atom is -0.332 e. The van der Waals surface area contributed by atoms with Gasteiger partial charge >= 0.3 is 6.03 Å². The van der Waals surface area contributed by atoms with Crippen molar-refractivity contribution >= 4 is 15.9 Å². The molecule has 1 aromatic heterocycles. The molecule has 1 aromatic carbocycles. The molecule has 0 radical (unpaired) electrons. The maximum absolute atomic E-state index is 12.2. The number of nitrogens with one attached hydrogen (secondary N) is 2. The van der Waals surface area contributed by atoms with Crippen LogP contribution in [0, 0.1) is 0 Å². The Labute approximate surface area is 135 Å². The summed E-state index contributed by atoms with van der Waals surface area (Å²) < 4.78 is 22.9. The van der Waals surface area contributed by atoms with Gasteiger partial charge in [-0.3, -0.25) is 5.10 Å². The van der Waals surface area contributed by atoms with E-state index in [9.17, 15) is 13.2 Å². The van der Waals surface area contributed by atoms with E-state index in [1.165, 1.54) is 6.26 Å². The highest BCUT2D eigenvalue weighted by atomic mass is 32.2. The molecule has 2 rings (SSSR count). The third kappa shape index (κ3) is 4.32. The van der Waals surface area contributed by atoms with Crippen molar-refractivity contribution in [3.05, 3.63) is 47.8 Å². The van der Waals surface area contributed by atoms with Crippen LogP contribution in [0.25, 0.3) is 0 Å². The molecular weight excluding hydrogens is 316 g/mol. The van der Waals surface area contributed by atoms with Gasteiger partial charge in [-0.25, -0.2) is 13.2 Å². The molecule has 1 atom stereocenters. The number of rotatable bonds is 5. The molecule has 0 aliphatic carbocycles. The number of aromatic nitrogens is 2. The lowest BCUT2D eigenvalue weighted by atomic mass is 10.1. The summed E-state index contributed by atoms with van der Waals surface area (Å²) in [6.45, 7) is 2.24. The summed E-state index contributed by atoms with van der Waals surface area (Å²) in [7, 11) is -1.53. The second-order valence-corrected chi connectivity index (χ2v) is 7.38. The van der Waals surface area contributed by atoms with Gasteiger partial charge in [-0.1, -0.05) is 12.1 Å². The monoisotopic (exact) mass is 336 g/mol. The lowest BCUT2D eigenvalue weighted by Gasteiger charge is -2.25. The van der Waals surface area contributed by atoms with Crippen molar-refractivity contribution in [2.75, 3.05) is 13.3 Å². The van der Waals surface area contributed by atoms with E-state index in [0.717, 1.165) is 11.3 Å². The number of nitrogens with zero attached hydrogens (tertiary/aromatic N) is 2. The maximum Gasteiger partial charge on any atom is 0.317 e. The largest absolute Gasteiger partial charge is 0.332 e. The molecule has 2 aromatic rings. The standard InChI is InChI=1S/C15H20N4O3S/c1-11(12-4-6-14(7-5-12)23(3,21)22)19(2)15(20)16-10-13-8-9-17-18-13/h4-9,11H,10H2,1-3H3,(H,16,20)(H,17,18)/t11-/m0/s1. The van der Waals surface area contributed by atoms with Crippen molar-refractivity contribution < 1.29 is 13.2 Å². The maximum atomic E-state index is 12.2. The van der Waals surface area contributed by atoms with Gasteiger partial charge < -0.3 is 10.2 Å². The van der Waals surface area contributed by atoms with E-state index in [4.69, 9.17) is 0 Å². The van der Waals surface area contributed by atoms with Crippen molar-refractivity contribution in [1.29, 1.82) is 0 Å². The molecule has 0 bridgehead atoms. The van der Waals surface area contributed by atoms with Crippen molar-refractivity contribution in [1.82, 2.24) is 20.4 Å². The molecule has 2 N–H and O–H groups in total. The van der Waals surface area contributed by atoms with Crippen LogP contribution in [0.2, 0.25) is 0 Å². The topological polar surface area (TPSA) is 95.2 Å². The van der Waals surface area contributed by atoms with Crippen LogP contribution in [-0.4, -0.2) is 42.8 Å². The van der Waals surface area contributed by atoms with Gasteiger partial charge in [-0.05, 0) is 30.7 Å². The molecule has 0 saturated carbocycles. The fraction of sp³-hybridized carbons (Fsp3) is 0.333.